The van der Waals surface area contributed by atoms with Gasteiger partial charge in [0.2, 0.25) is 0 Å². The molecular formula is C16H11ClF5N3O3S. The number of sulfonamides is 1. The molecule has 2 N–H and O–H groups in total. The normalized spacial score (nSPS) is 12.1. The molecule has 0 aliphatic carbocycles. The first-order valence-corrected chi connectivity index (χ1v) is 9.63. The van der Waals surface area contributed by atoms with Crippen molar-refractivity contribution in [2.45, 2.75) is 17.7 Å². The van der Waals surface area contributed by atoms with Crippen LogP contribution in [-0.4, -0.2) is 31.4 Å². The van der Waals surface area contributed by atoms with E-state index in [2.05, 4.69) is 14.7 Å². The number of aromatic amines is 1. The summed E-state index contributed by atoms with van der Waals surface area (Å²) in [5.74, 6) is -2.19. The van der Waals surface area contributed by atoms with Gasteiger partial charge in [-0.25, -0.2) is 35.4 Å². The van der Waals surface area contributed by atoms with Crippen molar-refractivity contribution in [3.63, 3.8) is 0 Å². The molecule has 29 heavy (non-hydrogen) atoms. The lowest BCUT2D eigenvalue weighted by Gasteiger charge is -2.10. The summed E-state index contributed by atoms with van der Waals surface area (Å²) < 4.78 is 95.9. The molecule has 0 atom stereocenters. The second kappa shape index (κ2) is 8.03. The summed E-state index contributed by atoms with van der Waals surface area (Å²) in [6, 6.07) is 2.81. The van der Waals surface area contributed by atoms with Crippen LogP contribution < -0.4 is 9.46 Å². The van der Waals surface area contributed by atoms with E-state index in [1.54, 1.807) is 0 Å². The summed E-state index contributed by atoms with van der Waals surface area (Å²) in [7, 11) is -4.40. The summed E-state index contributed by atoms with van der Waals surface area (Å²) in [5, 5.41) is -0.340. The number of fused-ring (bicyclic) bond motifs is 1. The molecule has 0 aliphatic heterocycles. The SMILES string of the molecule is O=S(=O)(Nc1ncc(OCC(F)F)cc1F)c1c[nH]c2c(Cl)c(C(F)F)ccc12. The van der Waals surface area contributed by atoms with Gasteiger partial charge in [0, 0.05) is 23.2 Å². The lowest BCUT2D eigenvalue weighted by Crippen LogP contribution is -2.15. The van der Waals surface area contributed by atoms with Crippen molar-refractivity contribution in [3.05, 3.63) is 47.0 Å². The highest BCUT2D eigenvalue weighted by molar-refractivity contribution is 7.93. The Morgan fingerprint density at radius 1 is 1.24 bits per heavy atom. The molecule has 6 nitrogen and oxygen atoms in total. The zero-order valence-electron chi connectivity index (χ0n) is 14.1. The van der Waals surface area contributed by atoms with Crippen molar-refractivity contribution >= 4 is 38.3 Å². The van der Waals surface area contributed by atoms with Gasteiger partial charge >= 0.3 is 0 Å². The Morgan fingerprint density at radius 3 is 2.59 bits per heavy atom. The van der Waals surface area contributed by atoms with Crippen LogP contribution in [0.3, 0.4) is 0 Å². The van der Waals surface area contributed by atoms with Crippen molar-refractivity contribution < 1.29 is 35.1 Å². The average molecular weight is 456 g/mol. The molecule has 0 spiro atoms. The van der Waals surface area contributed by atoms with Crippen LogP contribution in [0.25, 0.3) is 10.9 Å². The molecule has 0 radical (unpaired) electrons. The van der Waals surface area contributed by atoms with Crippen molar-refractivity contribution in [3.8, 4) is 5.75 Å². The largest absolute Gasteiger partial charge is 0.486 e. The van der Waals surface area contributed by atoms with Crippen molar-refractivity contribution in [1.82, 2.24) is 9.97 Å². The third-order valence-corrected chi connectivity index (χ3v) is 5.52. The standard InChI is InChI=1S/C16H11ClF5N3O3S/c17-13-9(15(21)22)2-1-8-11(5-23-14(8)13)29(26,27)25-16-10(18)3-7(4-24-16)28-6-12(19)20/h1-5,12,15,23H,6H2,(H,24,25). The molecule has 3 aromatic rings. The number of hydrogen-bond donors (Lipinski definition) is 2. The van der Waals surface area contributed by atoms with Crippen LogP contribution in [0.5, 0.6) is 5.75 Å². The summed E-state index contributed by atoms with van der Waals surface area (Å²) in [5.41, 5.74) is -0.515. The van der Waals surface area contributed by atoms with Gasteiger partial charge in [-0.3, -0.25) is 4.72 Å². The number of pyridine rings is 1. The number of H-pyrrole nitrogens is 1. The number of rotatable bonds is 7. The molecule has 156 valence electrons. The van der Waals surface area contributed by atoms with Crippen LogP contribution >= 0.6 is 11.6 Å². The summed E-state index contributed by atoms with van der Waals surface area (Å²) in [4.78, 5) is 5.64. The Labute approximate surface area is 165 Å². The van der Waals surface area contributed by atoms with E-state index in [-0.39, 0.29) is 26.6 Å². The number of ether oxygens (including phenoxy) is 1. The van der Waals surface area contributed by atoms with Crippen LogP contribution in [-0.2, 0) is 10.0 Å². The first kappa shape index (κ1) is 21.1. The highest BCUT2D eigenvalue weighted by Gasteiger charge is 2.24. The molecule has 0 fully saturated rings. The summed E-state index contributed by atoms with van der Waals surface area (Å²) in [6.45, 7) is -0.983. The van der Waals surface area contributed by atoms with Crippen LogP contribution in [0, 0.1) is 5.82 Å². The number of halogens is 6. The van der Waals surface area contributed by atoms with Crippen LogP contribution in [0.2, 0.25) is 5.02 Å². The molecule has 3 rings (SSSR count). The molecular weight excluding hydrogens is 445 g/mol. The number of anilines is 1. The van der Waals surface area contributed by atoms with E-state index in [4.69, 9.17) is 11.6 Å². The number of alkyl halides is 4. The van der Waals surface area contributed by atoms with Crippen LogP contribution in [0.1, 0.15) is 12.0 Å². The first-order chi connectivity index (χ1) is 13.6. The highest BCUT2D eigenvalue weighted by Crippen LogP contribution is 2.35. The van der Waals surface area contributed by atoms with Gasteiger partial charge in [-0.1, -0.05) is 23.7 Å². The second-order valence-electron chi connectivity index (χ2n) is 5.65. The summed E-state index contributed by atoms with van der Waals surface area (Å²) >= 11 is 5.89. The zero-order valence-corrected chi connectivity index (χ0v) is 15.7. The fraction of sp³-hybridized carbons (Fsp3) is 0.188. The molecule has 0 amide bonds. The van der Waals surface area contributed by atoms with Gasteiger partial charge in [-0.15, -0.1) is 0 Å². The van der Waals surface area contributed by atoms with Crippen molar-refractivity contribution in [1.29, 1.82) is 0 Å². The van der Waals surface area contributed by atoms with Gasteiger partial charge in [0.15, 0.2) is 11.6 Å². The maximum absolute atomic E-state index is 14.1. The van der Waals surface area contributed by atoms with E-state index in [9.17, 15) is 30.4 Å². The van der Waals surface area contributed by atoms with Crippen LogP contribution in [0.15, 0.2) is 35.5 Å². The molecule has 0 saturated heterocycles. The first-order valence-electron chi connectivity index (χ1n) is 7.77. The van der Waals surface area contributed by atoms with Gasteiger partial charge in [0.05, 0.1) is 16.7 Å². The zero-order chi connectivity index (χ0) is 21.3. The second-order valence-corrected chi connectivity index (χ2v) is 7.68. The Kier molecular flexibility index (Phi) is 5.85. The molecule has 2 heterocycles. The number of nitrogens with one attached hydrogen (secondary N) is 2. The van der Waals surface area contributed by atoms with Crippen molar-refractivity contribution in [2.75, 3.05) is 11.3 Å². The predicted molar refractivity (Wildman–Crippen MR) is 94.8 cm³/mol. The predicted octanol–water partition coefficient (Wildman–Crippen LogP) is 4.74. The van der Waals surface area contributed by atoms with Crippen molar-refractivity contribution in [2.24, 2.45) is 0 Å². The molecule has 2 aromatic heterocycles. The Bertz CT molecular complexity index is 1150. The van der Waals surface area contributed by atoms with Gasteiger partial charge in [-0.2, -0.15) is 0 Å². The number of hydrogen-bond acceptors (Lipinski definition) is 4. The Hall–Kier alpha value is -2.60. The topological polar surface area (TPSA) is 84.1 Å². The Morgan fingerprint density at radius 2 is 1.97 bits per heavy atom. The minimum absolute atomic E-state index is 0.00388. The molecule has 1 aromatic carbocycles. The minimum atomic E-state index is -4.40. The van der Waals surface area contributed by atoms with E-state index in [1.165, 1.54) is 0 Å². The smallest absolute Gasteiger partial charge is 0.272 e. The maximum Gasteiger partial charge on any atom is 0.272 e. The third-order valence-electron chi connectivity index (χ3n) is 3.73. The van der Waals surface area contributed by atoms with E-state index >= 15 is 0 Å². The summed E-state index contributed by atoms with van der Waals surface area (Å²) in [6.07, 6.45) is -3.77. The molecule has 0 bridgehead atoms. The molecule has 13 heteroatoms. The highest BCUT2D eigenvalue weighted by atomic mass is 35.5. The van der Waals surface area contributed by atoms with E-state index in [1.807, 2.05) is 4.72 Å². The lowest BCUT2D eigenvalue weighted by molar-refractivity contribution is 0.0815. The minimum Gasteiger partial charge on any atom is -0.486 e. The fourth-order valence-corrected chi connectivity index (χ4v) is 3.95. The van der Waals surface area contributed by atoms with E-state index in [0.29, 0.717) is 6.07 Å². The van der Waals surface area contributed by atoms with Gasteiger partial charge in [0.1, 0.15) is 17.3 Å². The fourth-order valence-electron chi connectivity index (χ4n) is 2.46. The van der Waals surface area contributed by atoms with Gasteiger partial charge in [0.25, 0.3) is 22.9 Å². The Balaban J connectivity index is 1.91. The number of aromatic nitrogens is 2. The maximum atomic E-state index is 14.1. The van der Waals surface area contributed by atoms with E-state index < -0.39 is 46.7 Å². The monoisotopic (exact) mass is 455 g/mol. The molecule has 0 aliphatic rings. The van der Waals surface area contributed by atoms with Gasteiger partial charge < -0.3 is 9.72 Å². The number of benzene rings is 1. The third kappa shape index (κ3) is 4.37. The molecule has 0 saturated carbocycles. The van der Waals surface area contributed by atoms with E-state index in [0.717, 1.165) is 24.5 Å². The molecule has 0 unspecified atom stereocenters. The average Bonchev–Trinajstić information content (AvgIpc) is 3.08. The van der Waals surface area contributed by atoms with Gasteiger partial charge in [-0.05, 0) is 0 Å². The lowest BCUT2D eigenvalue weighted by atomic mass is 10.1. The van der Waals surface area contributed by atoms with Crippen LogP contribution in [0.4, 0.5) is 27.8 Å². The number of nitrogens with zero attached hydrogens (tertiary/aromatic N) is 1. The quantitative estimate of drug-likeness (QED) is 0.504.